The highest BCUT2D eigenvalue weighted by Gasteiger charge is 2.42. The third kappa shape index (κ3) is 3.36. The molecular weight excluding hydrogens is 360 g/mol. The number of hydrogen-bond acceptors (Lipinski definition) is 4. The van der Waals surface area contributed by atoms with Gasteiger partial charge in [-0.2, -0.15) is 0 Å². The molecule has 0 bridgehead atoms. The van der Waals surface area contributed by atoms with Crippen LogP contribution >= 0.6 is 12.2 Å². The number of para-hydroxylation sites is 2. The molecule has 0 N–H and O–H groups in total. The SMILES string of the molecule is CCOC=C1C(=O)N(c2ccccc2C)C(=S)N(c2ccccc2C)C1=O. The van der Waals surface area contributed by atoms with Gasteiger partial charge in [0.05, 0.1) is 18.0 Å². The molecule has 5 nitrogen and oxygen atoms in total. The number of anilines is 2. The fourth-order valence-electron chi connectivity index (χ4n) is 2.93. The highest BCUT2D eigenvalue weighted by Crippen LogP contribution is 2.31. The molecule has 1 aliphatic rings. The fraction of sp³-hybridized carbons (Fsp3) is 0.190. The number of ether oxygens (including phenoxy) is 1. The van der Waals surface area contributed by atoms with Gasteiger partial charge >= 0.3 is 0 Å². The summed E-state index contributed by atoms with van der Waals surface area (Å²) in [6, 6.07) is 14.8. The van der Waals surface area contributed by atoms with Crippen LogP contribution in [0.15, 0.2) is 60.4 Å². The standard InChI is InChI=1S/C21H20N2O3S/c1-4-26-13-16-19(24)22(17-11-7-5-9-14(17)2)21(27)23(20(16)25)18-12-8-6-10-15(18)3/h5-13H,4H2,1-3H3. The van der Waals surface area contributed by atoms with Gasteiger partial charge in [0.1, 0.15) is 11.8 Å². The molecule has 3 rings (SSSR count). The molecule has 2 aromatic carbocycles. The zero-order valence-corrected chi connectivity index (χ0v) is 16.2. The van der Waals surface area contributed by atoms with E-state index in [1.54, 1.807) is 6.92 Å². The molecule has 1 saturated heterocycles. The van der Waals surface area contributed by atoms with Crippen LogP contribution in [0.2, 0.25) is 0 Å². The van der Waals surface area contributed by atoms with E-state index >= 15 is 0 Å². The second-order valence-corrected chi connectivity index (χ2v) is 6.49. The lowest BCUT2D eigenvalue weighted by Gasteiger charge is -2.37. The normalized spacial score (nSPS) is 14.6. The van der Waals surface area contributed by atoms with E-state index in [4.69, 9.17) is 17.0 Å². The fourth-order valence-corrected chi connectivity index (χ4v) is 3.29. The van der Waals surface area contributed by atoms with Crippen molar-refractivity contribution < 1.29 is 14.3 Å². The first kappa shape index (κ1) is 18.8. The molecule has 0 unspecified atom stereocenters. The Hall–Kier alpha value is -2.99. The summed E-state index contributed by atoms with van der Waals surface area (Å²) in [6.45, 7) is 5.93. The lowest BCUT2D eigenvalue weighted by atomic mass is 10.1. The van der Waals surface area contributed by atoms with E-state index in [0.29, 0.717) is 18.0 Å². The van der Waals surface area contributed by atoms with Crippen LogP contribution in [0, 0.1) is 13.8 Å². The van der Waals surface area contributed by atoms with Gasteiger partial charge < -0.3 is 4.74 Å². The number of hydrogen-bond donors (Lipinski definition) is 0. The third-order valence-corrected chi connectivity index (χ3v) is 4.70. The van der Waals surface area contributed by atoms with Crippen molar-refractivity contribution >= 4 is 40.5 Å². The first-order chi connectivity index (χ1) is 13.0. The molecule has 0 aliphatic carbocycles. The number of thiocarbonyl (C=S) groups is 1. The largest absolute Gasteiger partial charge is 0.500 e. The Morgan fingerprint density at radius 3 is 1.74 bits per heavy atom. The smallest absolute Gasteiger partial charge is 0.273 e. The Kier molecular flexibility index (Phi) is 5.37. The Morgan fingerprint density at radius 2 is 1.33 bits per heavy atom. The first-order valence-corrected chi connectivity index (χ1v) is 9.04. The maximum Gasteiger partial charge on any atom is 0.273 e. The zero-order valence-electron chi connectivity index (χ0n) is 15.4. The van der Waals surface area contributed by atoms with Gasteiger partial charge in [0.15, 0.2) is 5.11 Å². The molecule has 0 spiro atoms. The third-order valence-electron chi connectivity index (χ3n) is 4.33. The number of carbonyl (C=O) groups excluding carboxylic acids is 2. The molecule has 2 amide bonds. The number of aryl methyl sites for hydroxylation is 2. The summed E-state index contributed by atoms with van der Waals surface area (Å²) >= 11 is 5.59. The van der Waals surface area contributed by atoms with Crippen LogP contribution in [0.1, 0.15) is 18.1 Å². The van der Waals surface area contributed by atoms with Crippen molar-refractivity contribution in [3.63, 3.8) is 0 Å². The average Bonchev–Trinajstić information content (AvgIpc) is 2.65. The summed E-state index contributed by atoms with van der Waals surface area (Å²) < 4.78 is 5.28. The Balaban J connectivity index is 2.19. The quantitative estimate of drug-likeness (QED) is 0.349. The van der Waals surface area contributed by atoms with Crippen molar-refractivity contribution in [3.8, 4) is 0 Å². The summed E-state index contributed by atoms with van der Waals surface area (Å²) in [5.41, 5.74) is 2.98. The van der Waals surface area contributed by atoms with E-state index in [1.807, 2.05) is 62.4 Å². The van der Waals surface area contributed by atoms with Crippen molar-refractivity contribution in [3.05, 3.63) is 71.5 Å². The van der Waals surface area contributed by atoms with Gasteiger partial charge in [-0.05, 0) is 56.2 Å². The summed E-state index contributed by atoms with van der Waals surface area (Å²) in [5, 5.41) is 0.127. The van der Waals surface area contributed by atoms with Crippen LogP contribution in [-0.4, -0.2) is 23.5 Å². The van der Waals surface area contributed by atoms with Crippen LogP contribution < -0.4 is 9.80 Å². The lowest BCUT2D eigenvalue weighted by Crippen LogP contribution is -2.57. The number of nitrogens with zero attached hydrogens (tertiary/aromatic N) is 2. The molecule has 1 fully saturated rings. The minimum atomic E-state index is -0.488. The summed E-state index contributed by atoms with van der Waals surface area (Å²) in [7, 11) is 0. The topological polar surface area (TPSA) is 49.9 Å². The maximum atomic E-state index is 13.1. The van der Waals surface area contributed by atoms with E-state index in [2.05, 4.69) is 0 Å². The predicted octanol–water partition coefficient (Wildman–Crippen LogP) is 3.89. The molecule has 6 heteroatoms. The molecule has 0 aromatic heterocycles. The summed E-state index contributed by atoms with van der Waals surface area (Å²) in [4.78, 5) is 29.0. The lowest BCUT2D eigenvalue weighted by molar-refractivity contribution is -0.121. The van der Waals surface area contributed by atoms with E-state index in [9.17, 15) is 9.59 Å². The monoisotopic (exact) mass is 380 g/mol. The number of carbonyl (C=O) groups is 2. The van der Waals surface area contributed by atoms with Gasteiger partial charge in [-0.3, -0.25) is 19.4 Å². The van der Waals surface area contributed by atoms with E-state index in [-0.39, 0.29) is 10.7 Å². The average molecular weight is 380 g/mol. The van der Waals surface area contributed by atoms with Crippen molar-refractivity contribution in [2.45, 2.75) is 20.8 Å². The number of amides is 2. The Bertz CT molecular complexity index is 882. The molecule has 0 radical (unpaired) electrons. The van der Waals surface area contributed by atoms with E-state index in [1.165, 1.54) is 16.1 Å². The molecule has 0 saturated carbocycles. The summed E-state index contributed by atoms with van der Waals surface area (Å²) in [5.74, 6) is -0.977. The molecule has 27 heavy (non-hydrogen) atoms. The van der Waals surface area contributed by atoms with Gasteiger partial charge in [0.2, 0.25) is 0 Å². The van der Waals surface area contributed by atoms with Gasteiger partial charge in [0, 0.05) is 0 Å². The van der Waals surface area contributed by atoms with Crippen molar-refractivity contribution in [1.82, 2.24) is 0 Å². The zero-order chi connectivity index (χ0) is 19.6. The molecule has 1 heterocycles. The Labute approximate surface area is 163 Å². The first-order valence-electron chi connectivity index (χ1n) is 8.63. The van der Waals surface area contributed by atoms with Crippen molar-refractivity contribution in [1.29, 1.82) is 0 Å². The van der Waals surface area contributed by atoms with Crippen LogP contribution in [-0.2, 0) is 14.3 Å². The number of benzene rings is 2. The van der Waals surface area contributed by atoms with E-state index < -0.39 is 11.8 Å². The highest BCUT2D eigenvalue weighted by molar-refractivity contribution is 7.81. The van der Waals surface area contributed by atoms with Crippen LogP contribution in [0.5, 0.6) is 0 Å². The van der Waals surface area contributed by atoms with Crippen LogP contribution in [0.3, 0.4) is 0 Å². The molecule has 2 aromatic rings. The van der Waals surface area contributed by atoms with Gasteiger partial charge in [-0.15, -0.1) is 0 Å². The minimum absolute atomic E-state index is 0.0584. The maximum absolute atomic E-state index is 13.1. The highest BCUT2D eigenvalue weighted by atomic mass is 32.1. The van der Waals surface area contributed by atoms with Gasteiger partial charge in [-0.1, -0.05) is 36.4 Å². The summed E-state index contributed by atoms with van der Waals surface area (Å²) in [6.07, 6.45) is 1.23. The van der Waals surface area contributed by atoms with Crippen LogP contribution in [0.25, 0.3) is 0 Å². The number of rotatable bonds is 4. The van der Waals surface area contributed by atoms with E-state index in [0.717, 1.165) is 11.1 Å². The second-order valence-electron chi connectivity index (χ2n) is 6.12. The van der Waals surface area contributed by atoms with Gasteiger partial charge in [-0.25, -0.2) is 0 Å². The van der Waals surface area contributed by atoms with Gasteiger partial charge in [0.25, 0.3) is 11.8 Å². The molecule has 0 atom stereocenters. The molecule has 1 aliphatic heterocycles. The van der Waals surface area contributed by atoms with Crippen LogP contribution in [0.4, 0.5) is 11.4 Å². The molecule has 138 valence electrons. The van der Waals surface area contributed by atoms with Crippen molar-refractivity contribution in [2.24, 2.45) is 0 Å². The van der Waals surface area contributed by atoms with Crippen molar-refractivity contribution in [2.75, 3.05) is 16.4 Å². The molecular formula is C21H20N2O3S. The predicted molar refractivity (Wildman–Crippen MR) is 110 cm³/mol. The second kappa shape index (κ2) is 7.72. The minimum Gasteiger partial charge on any atom is -0.500 e. The Morgan fingerprint density at radius 1 is 0.889 bits per heavy atom.